The van der Waals surface area contributed by atoms with Crippen LogP contribution in [0.2, 0.25) is 0 Å². The third-order valence-corrected chi connectivity index (χ3v) is 4.98. The van der Waals surface area contributed by atoms with Gasteiger partial charge in [-0.25, -0.2) is 4.39 Å². The van der Waals surface area contributed by atoms with Crippen molar-refractivity contribution in [2.75, 3.05) is 13.1 Å². The lowest BCUT2D eigenvalue weighted by Crippen LogP contribution is -2.42. The standard InChI is InChI=1S/C21H19FN4O2/c22-16-7-3-5-14(11-16)19-17(12-24-25-19)21(28)26-10-4-6-15(13-26)20(27)18-8-1-2-9-23-18/h1-3,5,7-9,11-12,15H,4,6,10,13H2,(H,24,25). The fourth-order valence-corrected chi connectivity index (χ4v) is 3.58. The van der Waals surface area contributed by atoms with Gasteiger partial charge in [0.25, 0.3) is 5.91 Å². The molecular weight excluding hydrogens is 359 g/mol. The number of piperidine rings is 1. The molecule has 0 bridgehead atoms. The molecule has 28 heavy (non-hydrogen) atoms. The van der Waals surface area contributed by atoms with Gasteiger partial charge in [-0.05, 0) is 37.1 Å². The van der Waals surface area contributed by atoms with E-state index in [-0.39, 0.29) is 23.4 Å². The molecule has 1 fully saturated rings. The van der Waals surface area contributed by atoms with Gasteiger partial charge in [-0.2, -0.15) is 5.10 Å². The van der Waals surface area contributed by atoms with Gasteiger partial charge in [0.1, 0.15) is 11.5 Å². The van der Waals surface area contributed by atoms with E-state index in [2.05, 4.69) is 15.2 Å². The number of aromatic nitrogens is 3. The number of nitrogens with one attached hydrogen (secondary N) is 1. The average Bonchev–Trinajstić information content (AvgIpc) is 3.23. The summed E-state index contributed by atoms with van der Waals surface area (Å²) in [6.07, 6.45) is 4.51. The van der Waals surface area contributed by atoms with E-state index in [1.807, 2.05) is 0 Å². The number of benzene rings is 1. The molecule has 1 N–H and O–H groups in total. The Bertz CT molecular complexity index is 1000. The number of ketones is 1. The Hall–Kier alpha value is -3.35. The molecule has 0 saturated carbocycles. The first kappa shape index (κ1) is 18.0. The molecule has 4 rings (SSSR count). The fraction of sp³-hybridized carbons (Fsp3) is 0.238. The first-order valence-electron chi connectivity index (χ1n) is 9.17. The molecule has 0 radical (unpaired) electrons. The first-order valence-corrected chi connectivity index (χ1v) is 9.17. The van der Waals surface area contributed by atoms with Crippen molar-refractivity contribution in [3.63, 3.8) is 0 Å². The lowest BCUT2D eigenvalue weighted by Gasteiger charge is -2.31. The van der Waals surface area contributed by atoms with Crippen LogP contribution in [0.5, 0.6) is 0 Å². The van der Waals surface area contributed by atoms with Gasteiger partial charge in [-0.1, -0.05) is 18.2 Å². The molecule has 1 unspecified atom stereocenters. The largest absolute Gasteiger partial charge is 0.338 e. The van der Waals surface area contributed by atoms with Gasteiger partial charge in [-0.15, -0.1) is 0 Å². The van der Waals surface area contributed by atoms with Crippen molar-refractivity contribution in [3.05, 3.63) is 71.9 Å². The van der Waals surface area contributed by atoms with E-state index >= 15 is 0 Å². The summed E-state index contributed by atoms with van der Waals surface area (Å²) < 4.78 is 13.6. The van der Waals surface area contributed by atoms with Crippen LogP contribution in [0, 0.1) is 11.7 Å². The number of likely N-dealkylation sites (tertiary alicyclic amines) is 1. The second-order valence-electron chi connectivity index (χ2n) is 6.84. The van der Waals surface area contributed by atoms with Gasteiger partial charge in [0.2, 0.25) is 0 Å². The van der Waals surface area contributed by atoms with Crippen molar-refractivity contribution in [3.8, 4) is 11.3 Å². The van der Waals surface area contributed by atoms with E-state index in [1.54, 1.807) is 41.4 Å². The van der Waals surface area contributed by atoms with Crippen LogP contribution in [0.1, 0.15) is 33.7 Å². The molecule has 3 aromatic rings. The molecule has 1 saturated heterocycles. The second kappa shape index (κ2) is 7.72. The minimum Gasteiger partial charge on any atom is -0.338 e. The normalized spacial score (nSPS) is 16.8. The van der Waals surface area contributed by atoms with E-state index in [4.69, 9.17) is 0 Å². The highest BCUT2D eigenvalue weighted by atomic mass is 19.1. The number of halogens is 1. The summed E-state index contributed by atoms with van der Waals surface area (Å²) in [7, 11) is 0. The van der Waals surface area contributed by atoms with Crippen LogP contribution in [0.15, 0.2) is 54.9 Å². The van der Waals surface area contributed by atoms with Crippen LogP contribution in [0.4, 0.5) is 4.39 Å². The van der Waals surface area contributed by atoms with E-state index in [9.17, 15) is 14.0 Å². The van der Waals surface area contributed by atoms with Crippen LogP contribution in [-0.2, 0) is 0 Å². The predicted octanol–water partition coefficient (Wildman–Crippen LogP) is 3.35. The number of hydrogen-bond donors (Lipinski definition) is 1. The highest BCUT2D eigenvalue weighted by molar-refractivity contribution is 6.01. The topological polar surface area (TPSA) is 79.0 Å². The SMILES string of the molecule is O=C(c1ccccn1)C1CCCN(C(=O)c2cn[nH]c2-c2cccc(F)c2)C1. The van der Waals surface area contributed by atoms with E-state index in [0.717, 1.165) is 12.8 Å². The minimum atomic E-state index is -0.385. The fourth-order valence-electron chi connectivity index (χ4n) is 3.58. The molecule has 0 aliphatic carbocycles. The molecule has 1 atom stereocenters. The smallest absolute Gasteiger partial charge is 0.257 e. The summed E-state index contributed by atoms with van der Waals surface area (Å²) in [5.41, 5.74) is 1.82. The number of rotatable bonds is 4. The molecule has 142 valence electrons. The van der Waals surface area contributed by atoms with Crippen LogP contribution in [-0.4, -0.2) is 44.9 Å². The third-order valence-electron chi connectivity index (χ3n) is 4.98. The molecule has 1 aliphatic rings. The molecule has 1 aromatic carbocycles. The number of pyridine rings is 1. The summed E-state index contributed by atoms with van der Waals surface area (Å²) >= 11 is 0. The minimum absolute atomic E-state index is 0.0457. The van der Waals surface area contributed by atoms with E-state index in [0.29, 0.717) is 35.6 Å². The molecule has 1 aliphatic heterocycles. The summed E-state index contributed by atoms with van der Waals surface area (Å²) in [6, 6.07) is 11.2. The Labute approximate surface area is 161 Å². The predicted molar refractivity (Wildman–Crippen MR) is 101 cm³/mol. The Morgan fingerprint density at radius 2 is 2.07 bits per heavy atom. The lowest BCUT2D eigenvalue weighted by atomic mass is 9.91. The Balaban J connectivity index is 1.54. The summed E-state index contributed by atoms with van der Waals surface area (Å²) in [6.45, 7) is 0.903. The van der Waals surface area contributed by atoms with Gasteiger partial charge in [-0.3, -0.25) is 19.7 Å². The van der Waals surface area contributed by atoms with Crippen LogP contribution in [0.25, 0.3) is 11.3 Å². The number of hydrogen-bond acceptors (Lipinski definition) is 4. The molecule has 7 heteroatoms. The van der Waals surface area contributed by atoms with Crippen molar-refractivity contribution in [2.45, 2.75) is 12.8 Å². The maximum absolute atomic E-state index is 13.6. The van der Waals surface area contributed by atoms with E-state index in [1.165, 1.54) is 18.3 Å². The number of H-pyrrole nitrogens is 1. The van der Waals surface area contributed by atoms with Crippen LogP contribution < -0.4 is 0 Å². The molecular formula is C21H19FN4O2. The Morgan fingerprint density at radius 1 is 1.18 bits per heavy atom. The van der Waals surface area contributed by atoms with Crippen molar-refractivity contribution in [2.24, 2.45) is 5.92 Å². The zero-order valence-electron chi connectivity index (χ0n) is 15.1. The van der Waals surface area contributed by atoms with Crippen molar-refractivity contribution in [1.29, 1.82) is 0 Å². The van der Waals surface area contributed by atoms with Gasteiger partial charge < -0.3 is 4.90 Å². The number of nitrogens with zero attached hydrogens (tertiary/aromatic N) is 3. The summed E-state index contributed by atoms with van der Waals surface area (Å²) in [5, 5.41) is 6.76. The third kappa shape index (κ3) is 3.55. The highest BCUT2D eigenvalue weighted by Gasteiger charge is 2.31. The Kier molecular flexibility index (Phi) is 4.97. The molecule has 1 amide bonds. The van der Waals surface area contributed by atoms with E-state index < -0.39 is 0 Å². The first-order chi connectivity index (χ1) is 13.6. The van der Waals surface area contributed by atoms with Crippen molar-refractivity contribution in [1.82, 2.24) is 20.1 Å². The van der Waals surface area contributed by atoms with Gasteiger partial charge in [0.05, 0.1) is 17.5 Å². The number of carbonyl (C=O) groups excluding carboxylic acids is 2. The van der Waals surface area contributed by atoms with Gasteiger partial charge >= 0.3 is 0 Å². The molecule has 3 heterocycles. The monoisotopic (exact) mass is 378 g/mol. The highest BCUT2D eigenvalue weighted by Crippen LogP contribution is 2.26. The number of Topliss-reactive ketones (excluding diaryl/α,β-unsaturated/α-hetero) is 1. The number of aromatic amines is 1. The summed E-state index contributed by atoms with van der Waals surface area (Å²) in [5.74, 6) is -0.927. The summed E-state index contributed by atoms with van der Waals surface area (Å²) in [4.78, 5) is 31.6. The van der Waals surface area contributed by atoms with Gasteiger partial charge in [0.15, 0.2) is 5.78 Å². The van der Waals surface area contributed by atoms with Crippen molar-refractivity contribution >= 4 is 11.7 Å². The maximum atomic E-state index is 13.6. The van der Waals surface area contributed by atoms with Gasteiger partial charge in [0, 0.05) is 30.8 Å². The molecule has 6 nitrogen and oxygen atoms in total. The average molecular weight is 378 g/mol. The number of carbonyl (C=O) groups is 2. The lowest BCUT2D eigenvalue weighted by molar-refractivity contribution is 0.0636. The molecule has 2 aromatic heterocycles. The molecule has 0 spiro atoms. The van der Waals surface area contributed by atoms with Crippen molar-refractivity contribution < 1.29 is 14.0 Å². The zero-order chi connectivity index (χ0) is 19.5. The number of amides is 1. The van der Waals surface area contributed by atoms with Crippen LogP contribution in [0.3, 0.4) is 0 Å². The Morgan fingerprint density at radius 3 is 2.86 bits per heavy atom. The quantitative estimate of drug-likeness (QED) is 0.706. The zero-order valence-corrected chi connectivity index (χ0v) is 15.1. The maximum Gasteiger partial charge on any atom is 0.257 e. The second-order valence-corrected chi connectivity index (χ2v) is 6.84. The van der Waals surface area contributed by atoms with Crippen LogP contribution >= 0.6 is 0 Å².